The van der Waals surface area contributed by atoms with Crippen molar-refractivity contribution in [3.05, 3.63) is 12.4 Å². The maximum Gasteiger partial charge on any atom is 0.218 e. The topological polar surface area (TPSA) is 50.7 Å². The molecule has 3 heterocycles. The molecule has 0 bridgehead atoms. The van der Waals surface area contributed by atoms with Crippen molar-refractivity contribution in [2.45, 2.75) is 37.8 Å². The van der Waals surface area contributed by atoms with Crippen molar-refractivity contribution in [2.75, 3.05) is 44.8 Å². The van der Waals surface area contributed by atoms with Crippen LogP contribution < -0.4 is 9.64 Å². The second kappa shape index (κ2) is 6.61. The van der Waals surface area contributed by atoms with Gasteiger partial charge in [0.15, 0.2) is 0 Å². The summed E-state index contributed by atoms with van der Waals surface area (Å²) in [6.07, 6.45) is 7.00. The van der Waals surface area contributed by atoms with Crippen LogP contribution in [-0.2, 0) is 4.74 Å². The normalized spacial score (nSPS) is 29.0. The van der Waals surface area contributed by atoms with E-state index in [-0.39, 0.29) is 0 Å². The molecule has 0 amide bonds. The summed E-state index contributed by atoms with van der Waals surface area (Å²) in [6.45, 7) is 5.25. The molecular weight excluding hydrogens is 292 g/mol. The molecule has 0 spiro atoms. The lowest BCUT2D eigenvalue weighted by atomic mass is 10.0. The predicted molar refractivity (Wildman–Crippen MR) is 87.9 cm³/mol. The third kappa shape index (κ3) is 3.43. The fraction of sp³-hybridized carbons (Fsp3) is 0.765. The van der Waals surface area contributed by atoms with Crippen LogP contribution >= 0.6 is 0 Å². The molecule has 2 atom stereocenters. The molecule has 4 rings (SSSR count). The van der Waals surface area contributed by atoms with Crippen molar-refractivity contribution in [2.24, 2.45) is 5.92 Å². The van der Waals surface area contributed by atoms with Crippen LogP contribution in [0.3, 0.4) is 0 Å². The van der Waals surface area contributed by atoms with Gasteiger partial charge in [0, 0.05) is 38.3 Å². The summed E-state index contributed by atoms with van der Waals surface area (Å²) in [5.41, 5.74) is 0. The molecule has 1 aliphatic carbocycles. The Bertz CT molecular complexity index is 537. The highest BCUT2D eigenvalue weighted by Gasteiger charge is 2.37. The van der Waals surface area contributed by atoms with Gasteiger partial charge in [-0.15, -0.1) is 0 Å². The van der Waals surface area contributed by atoms with Gasteiger partial charge in [0.05, 0.1) is 19.8 Å². The van der Waals surface area contributed by atoms with Gasteiger partial charge >= 0.3 is 0 Å². The zero-order chi connectivity index (χ0) is 15.6. The maximum atomic E-state index is 6.10. The maximum absolute atomic E-state index is 6.10. The number of rotatable bonds is 4. The summed E-state index contributed by atoms with van der Waals surface area (Å²) in [4.78, 5) is 13.6. The Kier molecular flexibility index (Phi) is 4.35. The molecule has 1 aromatic heterocycles. The van der Waals surface area contributed by atoms with Crippen LogP contribution in [0, 0.1) is 5.92 Å². The zero-order valence-electron chi connectivity index (χ0n) is 13.9. The summed E-state index contributed by atoms with van der Waals surface area (Å²) < 4.78 is 11.3. The van der Waals surface area contributed by atoms with Crippen molar-refractivity contribution in [1.29, 1.82) is 0 Å². The van der Waals surface area contributed by atoms with Crippen molar-refractivity contribution in [3.63, 3.8) is 0 Å². The summed E-state index contributed by atoms with van der Waals surface area (Å²) in [7, 11) is 1.65. The van der Waals surface area contributed by atoms with E-state index in [0.717, 1.165) is 50.8 Å². The van der Waals surface area contributed by atoms with Crippen LogP contribution in [0.1, 0.15) is 25.7 Å². The molecule has 3 fully saturated rings. The number of methoxy groups -OCH3 is 1. The lowest BCUT2D eigenvalue weighted by molar-refractivity contribution is -0.0726. The fourth-order valence-corrected chi connectivity index (χ4v) is 3.86. The molecule has 0 radical (unpaired) electrons. The average molecular weight is 318 g/mol. The van der Waals surface area contributed by atoms with E-state index in [9.17, 15) is 0 Å². The quantitative estimate of drug-likeness (QED) is 0.840. The third-order valence-corrected chi connectivity index (χ3v) is 5.34. The molecule has 3 aliphatic rings. The Morgan fingerprint density at radius 1 is 1.17 bits per heavy atom. The number of morpholine rings is 1. The number of fused-ring (bicyclic) bond motifs is 1. The minimum atomic E-state index is 0.372. The SMILES string of the molecule is COc1cc(N2CC[C@@H]3[C@@H](CC2)OCCN3CC2CC2)ncn1. The molecule has 0 N–H and O–H groups in total. The van der Waals surface area contributed by atoms with E-state index in [1.165, 1.54) is 19.4 Å². The van der Waals surface area contributed by atoms with Gasteiger partial charge in [0.2, 0.25) is 5.88 Å². The van der Waals surface area contributed by atoms with Gasteiger partial charge < -0.3 is 14.4 Å². The number of aromatic nitrogens is 2. The Hall–Kier alpha value is -1.40. The van der Waals surface area contributed by atoms with Gasteiger partial charge in [-0.2, -0.15) is 0 Å². The largest absolute Gasteiger partial charge is 0.481 e. The van der Waals surface area contributed by atoms with E-state index < -0.39 is 0 Å². The van der Waals surface area contributed by atoms with Crippen LogP contribution in [0.5, 0.6) is 5.88 Å². The minimum absolute atomic E-state index is 0.372. The van der Waals surface area contributed by atoms with Gasteiger partial charge in [0.1, 0.15) is 12.1 Å². The van der Waals surface area contributed by atoms with Gasteiger partial charge in [-0.3, -0.25) is 4.90 Å². The van der Waals surface area contributed by atoms with E-state index in [4.69, 9.17) is 9.47 Å². The van der Waals surface area contributed by atoms with Crippen LogP contribution in [0.2, 0.25) is 0 Å². The molecular formula is C17H26N4O2. The van der Waals surface area contributed by atoms with E-state index in [1.807, 2.05) is 6.07 Å². The van der Waals surface area contributed by atoms with Crippen LogP contribution in [-0.4, -0.2) is 66.9 Å². The summed E-state index contributed by atoms with van der Waals surface area (Å²) in [5.74, 6) is 2.53. The zero-order valence-corrected chi connectivity index (χ0v) is 13.9. The average Bonchev–Trinajstić information content (AvgIpc) is 3.41. The minimum Gasteiger partial charge on any atom is -0.481 e. The molecule has 1 aromatic rings. The monoisotopic (exact) mass is 318 g/mol. The first-order valence-electron chi connectivity index (χ1n) is 8.80. The second-order valence-corrected chi connectivity index (χ2v) is 6.90. The van der Waals surface area contributed by atoms with Gasteiger partial charge in [-0.25, -0.2) is 9.97 Å². The molecule has 6 nitrogen and oxygen atoms in total. The molecule has 23 heavy (non-hydrogen) atoms. The second-order valence-electron chi connectivity index (χ2n) is 6.90. The number of ether oxygens (including phenoxy) is 2. The summed E-state index contributed by atoms with van der Waals surface area (Å²) in [6, 6.07) is 2.50. The number of hydrogen-bond donors (Lipinski definition) is 0. The van der Waals surface area contributed by atoms with Crippen molar-refractivity contribution in [3.8, 4) is 5.88 Å². The highest BCUT2D eigenvalue weighted by Crippen LogP contribution is 2.33. The molecule has 1 saturated carbocycles. The number of anilines is 1. The Labute approximate surface area is 137 Å². The predicted octanol–water partition coefficient (Wildman–Crippen LogP) is 1.56. The van der Waals surface area contributed by atoms with E-state index in [0.29, 0.717) is 18.0 Å². The number of hydrogen-bond acceptors (Lipinski definition) is 6. The highest BCUT2D eigenvalue weighted by atomic mass is 16.5. The third-order valence-electron chi connectivity index (χ3n) is 5.34. The Morgan fingerprint density at radius 2 is 2.04 bits per heavy atom. The van der Waals surface area contributed by atoms with Crippen LogP contribution in [0.15, 0.2) is 12.4 Å². The first kappa shape index (κ1) is 15.1. The van der Waals surface area contributed by atoms with E-state index in [2.05, 4.69) is 19.8 Å². The lowest BCUT2D eigenvalue weighted by Gasteiger charge is -2.40. The molecule has 2 aliphatic heterocycles. The van der Waals surface area contributed by atoms with Crippen LogP contribution in [0.25, 0.3) is 0 Å². The van der Waals surface area contributed by atoms with Crippen LogP contribution in [0.4, 0.5) is 5.82 Å². The van der Waals surface area contributed by atoms with Gasteiger partial charge in [-0.05, 0) is 31.6 Å². The molecule has 2 saturated heterocycles. The van der Waals surface area contributed by atoms with Gasteiger partial charge in [0.25, 0.3) is 0 Å². The molecule has 6 heteroatoms. The molecule has 126 valence electrons. The smallest absolute Gasteiger partial charge is 0.218 e. The Morgan fingerprint density at radius 3 is 2.87 bits per heavy atom. The summed E-state index contributed by atoms with van der Waals surface area (Å²) >= 11 is 0. The van der Waals surface area contributed by atoms with Crippen molar-refractivity contribution >= 4 is 5.82 Å². The Balaban J connectivity index is 1.45. The fourth-order valence-electron chi connectivity index (χ4n) is 3.86. The first-order chi connectivity index (χ1) is 11.3. The van der Waals surface area contributed by atoms with Crippen molar-refractivity contribution < 1.29 is 9.47 Å². The molecule has 0 unspecified atom stereocenters. The summed E-state index contributed by atoms with van der Waals surface area (Å²) in [5, 5.41) is 0. The standard InChI is InChI=1S/C17H26N4O2/c1-22-17-10-16(18-12-19-17)20-6-4-14-15(5-7-20)23-9-8-21(14)11-13-2-3-13/h10,12-15H,2-9,11H2,1H3/t14-,15-/m1/s1. The number of nitrogens with zero attached hydrogens (tertiary/aromatic N) is 4. The van der Waals surface area contributed by atoms with E-state index >= 15 is 0 Å². The first-order valence-corrected chi connectivity index (χ1v) is 8.80. The van der Waals surface area contributed by atoms with E-state index in [1.54, 1.807) is 13.4 Å². The van der Waals surface area contributed by atoms with Crippen molar-refractivity contribution in [1.82, 2.24) is 14.9 Å². The van der Waals surface area contributed by atoms with Gasteiger partial charge in [-0.1, -0.05) is 0 Å². The lowest BCUT2D eigenvalue weighted by Crippen LogP contribution is -2.51. The highest BCUT2D eigenvalue weighted by molar-refractivity contribution is 5.41. The molecule has 0 aromatic carbocycles.